The van der Waals surface area contributed by atoms with E-state index in [1.54, 1.807) is 0 Å². The first-order chi connectivity index (χ1) is 44.3. The quantitative estimate of drug-likeness (QED) is 0.00898. The number of aliphatic hydroxyl groups is 10. The van der Waals surface area contributed by atoms with Crippen molar-refractivity contribution in [3.63, 3.8) is 0 Å². The van der Waals surface area contributed by atoms with Gasteiger partial charge in [-0.25, -0.2) is 4.57 Å². The Kier molecular flexibility index (Phi) is 45.4. The molecule has 0 radical (unpaired) electrons. The van der Waals surface area contributed by atoms with Gasteiger partial charge in [-0.1, -0.05) is 186 Å². The van der Waals surface area contributed by atoms with Gasteiger partial charge in [-0.3, -0.25) is 23.4 Å². The van der Waals surface area contributed by atoms with E-state index in [1.165, 1.54) is 96.3 Å². The molecular formula is C67H121O24P. The molecule has 18 atom stereocenters. The van der Waals surface area contributed by atoms with E-state index in [9.17, 15) is 74.9 Å². The van der Waals surface area contributed by atoms with Crippen LogP contribution in [0.3, 0.4) is 0 Å². The summed E-state index contributed by atoms with van der Waals surface area (Å²) in [6, 6.07) is 0. The van der Waals surface area contributed by atoms with Gasteiger partial charge in [0.1, 0.15) is 98.7 Å². The molecule has 2 aliphatic heterocycles. The molecule has 1 saturated carbocycles. The molecule has 2 saturated heterocycles. The van der Waals surface area contributed by atoms with Gasteiger partial charge in [0.2, 0.25) is 0 Å². The summed E-state index contributed by atoms with van der Waals surface area (Å²) in [6.45, 7) is 3.35. The van der Waals surface area contributed by atoms with Crippen LogP contribution in [-0.4, -0.2) is 204 Å². The fourth-order valence-electron chi connectivity index (χ4n) is 11.4. The number of carbonyl (C=O) groups excluding carboxylic acids is 3. The van der Waals surface area contributed by atoms with Crippen molar-refractivity contribution in [1.82, 2.24) is 0 Å². The van der Waals surface area contributed by atoms with Crippen LogP contribution >= 0.6 is 7.82 Å². The number of esters is 3. The van der Waals surface area contributed by atoms with Gasteiger partial charge >= 0.3 is 25.7 Å². The van der Waals surface area contributed by atoms with Crippen LogP contribution in [0.1, 0.15) is 252 Å². The molecule has 538 valence electrons. The standard InChI is InChI=1S/C67H121O24P/c1-4-7-10-13-16-19-22-24-27-30-32-35-38-41-51(69)83-45-48(86-53(71)43-40-37-34-31-28-25-23-20-17-14-11-8-5-2)46-85-92(81,82)91-65-63(89-66-61(79)56(74)54(72)49(44-68)87-66)59(77)58(76)60(78)64(65)90-67-62(80)57(75)55(73)50(88-67)47-84-52(70)42-39-36-33-29-26-21-18-15-12-9-6-3/h24-25,27-28,48-50,54-68,72-80H,4-23,26,29-47H2,1-3H3,(H,81,82)/b27-24-,28-25-. The summed E-state index contributed by atoms with van der Waals surface area (Å²) in [5.74, 6) is -2.03. The Morgan fingerprint density at radius 2 is 0.761 bits per heavy atom. The van der Waals surface area contributed by atoms with E-state index in [-0.39, 0.29) is 19.3 Å². The minimum atomic E-state index is -5.70. The molecular weight excluding hydrogens is 1220 g/mol. The highest BCUT2D eigenvalue weighted by atomic mass is 31.2. The van der Waals surface area contributed by atoms with E-state index >= 15 is 0 Å². The van der Waals surface area contributed by atoms with Crippen LogP contribution in [0.4, 0.5) is 0 Å². The normalized spacial score (nSPS) is 28.8. The molecule has 0 aromatic rings. The first-order valence-electron chi connectivity index (χ1n) is 35.1. The molecule has 11 N–H and O–H groups in total. The monoisotopic (exact) mass is 1340 g/mol. The van der Waals surface area contributed by atoms with Gasteiger partial charge in [0, 0.05) is 19.3 Å². The van der Waals surface area contributed by atoms with Crippen molar-refractivity contribution in [2.45, 2.75) is 356 Å². The molecule has 18 unspecified atom stereocenters. The predicted molar refractivity (Wildman–Crippen MR) is 342 cm³/mol. The molecule has 0 spiro atoms. The maximum absolute atomic E-state index is 14.3. The zero-order valence-electron chi connectivity index (χ0n) is 55.6. The van der Waals surface area contributed by atoms with E-state index in [4.69, 9.17) is 42.2 Å². The van der Waals surface area contributed by atoms with Crippen LogP contribution in [0.25, 0.3) is 0 Å². The fourth-order valence-corrected chi connectivity index (χ4v) is 12.4. The summed E-state index contributed by atoms with van der Waals surface area (Å²) in [5.41, 5.74) is 0. The number of unbranched alkanes of at least 4 members (excludes halogenated alkanes) is 28. The van der Waals surface area contributed by atoms with Gasteiger partial charge in [-0.15, -0.1) is 0 Å². The number of hydrogen-bond acceptors (Lipinski definition) is 23. The largest absolute Gasteiger partial charge is 0.472 e. The molecule has 3 fully saturated rings. The van der Waals surface area contributed by atoms with Crippen LogP contribution in [0.5, 0.6) is 0 Å². The lowest BCUT2D eigenvalue weighted by Gasteiger charge is -2.49. The Bertz CT molecular complexity index is 2020. The van der Waals surface area contributed by atoms with E-state index < -0.39 is 156 Å². The Morgan fingerprint density at radius 3 is 1.18 bits per heavy atom. The number of rotatable bonds is 53. The van der Waals surface area contributed by atoms with E-state index in [0.29, 0.717) is 25.7 Å². The predicted octanol–water partition coefficient (Wildman–Crippen LogP) is 8.18. The molecule has 2 heterocycles. The molecule has 1 aliphatic carbocycles. The first kappa shape index (κ1) is 83.7. The van der Waals surface area contributed by atoms with Crippen LogP contribution in [0, 0.1) is 0 Å². The maximum Gasteiger partial charge on any atom is 0.472 e. The van der Waals surface area contributed by atoms with Gasteiger partial charge in [0.05, 0.1) is 13.2 Å². The van der Waals surface area contributed by atoms with Crippen LogP contribution in [0.15, 0.2) is 24.3 Å². The Morgan fingerprint density at radius 1 is 0.413 bits per heavy atom. The highest BCUT2D eigenvalue weighted by molar-refractivity contribution is 7.47. The zero-order chi connectivity index (χ0) is 67.5. The smallest absolute Gasteiger partial charge is 0.463 e. The van der Waals surface area contributed by atoms with Gasteiger partial charge < -0.3 is 89.1 Å². The van der Waals surface area contributed by atoms with E-state index in [2.05, 4.69) is 45.1 Å². The second-order valence-corrected chi connectivity index (χ2v) is 26.6. The first-order valence-corrected chi connectivity index (χ1v) is 36.6. The highest BCUT2D eigenvalue weighted by Gasteiger charge is 2.58. The van der Waals surface area contributed by atoms with Crippen molar-refractivity contribution in [2.24, 2.45) is 0 Å². The van der Waals surface area contributed by atoms with Crippen molar-refractivity contribution in [1.29, 1.82) is 0 Å². The lowest BCUT2D eigenvalue weighted by Crippen LogP contribution is -2.69. The highest BCUT2D eigenvalue weighted by Crippen LogP contribution is 2.49. The SMILES string of the molecule is CCCCCCCC/C=C\CCCCCC(=O)OCC(COP(=O)(O)OC1C(OC2OC(CO)C(O)C(O)C2O)C(O)C(O)C(O)C1OC1OC(COC(=O)CCCCCCCCCCCCC)C(O)C(O)C1O)OC(=O)CCCCC/C=C\CCCCCCCC. The number of hydrogen-bond donors (Lipinski definition) is 11. The molecule has 25 heteroatoms. The average Bonchev–Trinajstić information content (AvgIpc) is 0.779. The van der Waals surface area contributed by atoms with Gasteiger partial charge in [-0.2, -0.15) is 0 Å². The molecule has 92 heavy (non-hydrogen) atoms. The molecule has 0 aromatic heterocycles. The minimum Gasteiger partial charge on any atom is -0.463 e. The molecule has 3 aliphatic rings. The Balaban J connectivity index is 1.78. The Labute approximate surface area is 547 Å². The van der Waals surface area contributed by atoms with E-state index in [0.717, 1.165) is 89.9 Å². The topological polar surface area (TPSA) is 374 Å². The van der Waals surface area contributed by atoms with Crippen molar-refractivity contribution >= 4 is 25.7 Å². The van der Waals surface area contributed by atoms with Crippen LogP contribution in [0.2, 0.25) is 0 Å². The molecule has 0 amide bonds. The Hall–Kier alpha value is -2.56. The van der Waals surface area contributed by atoms with Crippen molar-refractivity contribution < 1.29 is 117 Å². The van der Waals surface area contributed by atoms with Crippen LogP contribution in [-0.2, 0) is 61.2 Å². The third kappa shape index (κ3) is 33.6. The number of aliphatic hydroxyl groups excluding tert-OH is 10. The lowest BCUT2D eigenvalue weighted by atomic mass is 9.84. The third-order valence-corrected chi connectivity index (χ3v) is 18.2. The summed E-state index contributed by atoms with van der Waals surface area (Å²) in [7, 11) is -5.70. The minimum absolute atomic E-state index is 0.0220. The number of ether oxygens (including phenoxy) is 7. The van der Waals surface area contributed by atoms with Gasteiger partial charge in [-0.05, 0) is 70.6 Å². The molecule has 0 aromatic carbocycles. The van der Waals surface area contributed by atoms with Gasteiger partial charge in [0.15, 0.2) is 18.7 Å². The maximum atomic E-state index is 14.3. The van der Waals surface area contributed by atoms with Gasteiger partial charge in [0.25, 0.3) is 0 Å². The second-order valence-electron chi connectivity index (χ2n) is 25.2. The summed E-state index contributed by atoms with van der Waals surface area (Å²) in [6.07, 6.45) is 7.21. The number of allylic oxidation sites excluding steroid dienone is 4. The lowest BCUT2D eigenvalue weighted by molar-refractivity contribution is -0.360. The second kappa shape index (κ2) is 49.9. The molecule has 0 bridgehead atoms. The molecule has 24 nitrogen and oxygen atoms in total. The van der Waals surface area contributed by atoms with E-state index in [1.807, 2.05) is 0 Å². The fraction of sp³-hybridized carbons (Fsp3) is 0.896. The zero-order valence-corrected chi connectivity index (χ0v) is 56.5. The average molecular weight is 1340 g/mol. The summed E-state index contributed by atoms with van der Waals surface area (Å²) in [4.78, 5) is 50.8. The summed E-state index contributed by atoms with van der Waals surface area (Å²) >= 11 is 0. The molecule has 3 rings (SSSR count). The number of carbonyl (C=O) groups is 3. The summed E-state index contributed by atoms with van der Waals surface area (Å²) < 4.78 is 64.7. The summed E-state index contributed by atoms with van der Waals surface area (Å²) in [5, 5.41) is 110. The van der Waals surface area contributed by atoms with Crippen molar-refractivity contribution in [2.75, 3.05) is 26.4 Å². The number of phosphoric acid groups is 1. The third-order valence-electron chi connectivity index (χ3n) is 17.2. The van der Waals surface area contributed by atoms with Crippen molar-refractivity contribution in [3.8, 4) is 0 Å². The van der Waals surface area contributed by atoms with Crippen molar-refractivity contribution in [3.05, 3.63) is 24.3 Å². The van der Waals surface area contributed by atoms with Crippen LogP contribution < -0.4 is 0 Å². The number of phosphoric ester groups is 1.